The lowest BCUT2D eigenvalue weighted by Crippen LogP contribution is -2.09. The van der Waals surface area contributed by atoms with Crippen LogP contribution in [0.25, 0.3) is 43.4 Å². The van der Waals surface area contributed by atoms with Crippen LogP contribution in [0.2, 0.25) is 0 Å². The summed E-state index contributed by atoms with van der Waals surface area (Å²) < 4.78 is 6.23. The number of pyridine rings is 1. The van der Waals surface area contributed by atoms with Crippen molar-refractivity contribution in [3.05, 3.63) is 65.5 Å². The van der Waals surface area contributed by atoms with Crippen LogP contribution in [0.15, 0.2) is 53.1 Å². The number of fused-ring (bicyclic) bond motifs is 7. The molecule has 0 N–H and O–H groups in total. The minimum Gasteiger partial charge on any atom is -0.459 e. The first kappa shape index (κ1) is 17.2. The van der Waals surface area contributed by atoms with Gasteiger partial charge in [-0.05, 0) is 52.6 Å². The minimum atomic E-state index is 0.185. The number of hydrogen-bond acceptors (Lipinski definition) is 2. The molecule has 0 fully saturated rings. The van der Waals surface area contributed by atoms with Crippen LogP contribution in [0, 0.1) is 19.3 Å². The second-order valence-electron chi connectivity index (χ2n) is 9.18. The first-order chi connectivity index (χ1) is 13.3. The molecule has 3 aromatic carbocycles. The van der Waals surface area contributed by atoms with Crippen molar-refractivity contribution in [2.24, 2.45) is 5.41 Å². The topological polar surface area (TPSA) is 26.0 Å². The van der Waals surface area contributed by atoms with Gasteiger partial charge in [0, 0.05) is 22.6 Å². The van der Waals surface area contributed by atoms with E-state index in [1.807, 2.05) is 6.20 Å². The molecule has 0 saturated carbocycles. The van der Waals surface area contributed by atoms with Gasteiger partial charge in [-0.3, -0.25) is 4.98 Å². The average molecular weight is 367 g/mol. The van der Waals surface area contributed by atoms with E-state index in [9.17, 15) is 0 Å². The fourth-order valence-electron chi connectivity index (χ4n) is 4.47. The van der Waals surface area contributed by atoms with E-state index in [2.05, 4.69) is 77.1 Å². The van der Waals surface area contributed by atoms with Crippen molar-refractivity contribution in [3.8, 4) is 0 Å². The highest BCUT2D eigenvalue weighted by molar-refractivity contribution is 6.21. The highest BCUT2D eigenvalue weighted by Gasteiger charge is 2.20. The van der Waals surface area contributed by atoms with E-state index < -0.39 is 0 Å². The summed E-state index contributed by atoms with van der Waals surface area (Å²) in [6.07, 6.45) is 2.83. The van der Waals surface area contributed by atoms with E-state index >= 15 is 0 Å². The van der Waals surface area contributed by atoms with Crippen LogP contribution in [0.5, 0.6) is 0 Å². The summed E-state index contributed by atoms with van der Waals surface area (Å²) in [5, 5.41) is 7.46. The molecular formula is C26H25NO. The van der Waals surface area contributed by atoms with E-state index in [1.54, 1.807) is 0 Å². The largest absolute Gasteiger partial charge is 0.459 e. The Kier molecular flexibility index (Phi) is 3.58. The maximum absolute atomic E-state index is 6.23. The lowest BCUT2D eigenvalue weighted by Gasteiger charge is -2.16. The molecule has 5 rings (SSSR count). The Balaban J connectivity index is 1.88. The first-order valence-corrected chi connectivity index (χ1v) is 9.95. The number of aryl methyl sites for hydroxylation is 2. The van der Waals surface area contributed by atoms with Crippen LogP contribution in [-0.4, -0.2) is 4.98 Å². The molecule has 2 nitrogen and oxygen atoms in total. The molecule has 0 atom stereocenters. The van der Waals surface area contributed by atoms with Crippen LogP contribution in [0.3, 0.4) is 0 Å². The Labute approximate surface area is 165 Å². The van der Waals surface area contributed by atoms with Crippen LogP contribution in [-0.2, 0) is 6.42 Å². The molecule has 0 amide bonds. The van der Waals surface area contributed by atoms with Crippen LogP contribution in [0.4, 0.5) is 0 Å². The molecule has 0 saturated heterocycles. The van der Waals surface area contributed by atoms with E-state index in [4.69, 9.17) is 9.40 Å². The number of furan rings is 1. The summed E-state index contributed by atoms with van der Waals surface area (Å²) in [7, 11) is 0. The van der Waals surface area contributed by atoms with Crippen molar-refractivity contribution in [1.82, 2.24) is 4.98 Å². The molecule has 140 valence electrons. The zero-order chi connectivity index (χ0) is 19.6. The zero-order valence-electron chi connectivity index (χ0n) is 17.2. The molecule has 0 spiro atoms. The predicted molar refractivity (Wildman–Crippen MR) is 119 cm³/mol. The Morgan fingerprint density at radius 2 is 1.54 bits per heavy atom. The van der Waals surface area contributed by atoms with Gasteiger partial charge in [0.05, 0.1) is 11.7 Å². The van der Waals surface area contributed by atoms with Crippen molar-refractivity contribution < 1.29 is 4.42 Å². The number of hydrogen-bond donors (Lipinski definition) is 0. The van der Waals surface area contributed by atoms with Gasteiger partial charge in [0.1, 0.15) is 5.76 Å². The Hall–Kier alpha value is -2.87. The van der Waals surface area contributed by atoms with Gasteiger partial charge >= 0.3 is 0 Å². The smallest absolute Gasteiger partial charge is 0.153 e. The molecule has 2 heteroatoms. The summed E-state index contributed by atoms with van der Waals surface area (Å²) in [5.41, 5.74) is 4.67. The molecule has 0 radical (unpaired) electrons. The second-order valence-corrected chi connectivity index (χ2v) is 9.18. The van der Waals surface area contributed by atoms with Crippen molar-refractivity contribution in [1.29, 1.82) is 0 Å². The normalized spacial score (nSPS) is 12.6. The van der Waals surface area contributed by atoms with Crippen molar-refractivity contribution in [3.63, 3.8) is 0 Å². The zero-order valence-corrected chi connectivity index (χ0v) is 17.2. The fourth-order valence-corrected chi connectivity index (χ4v) is 4.47. The van der Waals surface area contributed by atoms with Crippen LogP contribution < -0.4 is 0 Å². The number of rotatable bonds is 1. The lowest BCUT2D eigenvalue weighted by molar-refractivity contribution is 0.369. The van der Waals surface area contributed by atoms with Crippen LogP contribution in [0.1, 0.15) is 37.7 Å². The summed E-state index contributed by atoms with van der Waals surface area (Å²) in [6, 6.07) is 15.4. The average Bonchev–Trinajstić information content (AvgIpc) is 2.96. The molecule has 0 aliphatic heterocycles. The summed E-state index contributed by atoms with van der Waals surface area (Å²) in [4.78, 5) is 4.84. The molecule has 0 unspecified atom stereocenters. The SMILES string of the molecule is Cc1cc2c(ccc3c2ncc2oc(CC(C)(C)C)c(C)c23)c2ccccc12. The van der Waals surface area contributed by atoms with Crippen molar-refractivity contribution in [2.75, 3.05) is 0 Å². The van der Waals surface area contributed by atoms with Gasteiger partial charge in [-0.1, -0.05) is 57.2 Å². The molecule has 2 heterocycles. The second kappa shape index (κ2) is 5.81. The fraction of sp³-hybridized carbons (Fsp3) is 0.269. The standard InChI is InChI=1S/C26H25NO/c1-15-12-21-19(18-9-7-6-8-17(15)18)10-11-20-24-16(2)22(13-26(3,4)5)28-23(24)14-27-25(20)21/h6-12,14H,13H2,1-5H3. The first-order valence-electron chi connectivity index (χ1n) is 9.95. The van der Waals surface area contributed by atoms with Gasteiger partial charge in [-0.25, -0.2) is 0 Å². The Morgan fingerprint density at radius 3 is 2.29 bits per heavy atom. The van der Waals surface area contributed by atoms with Crippen molar-refractivity contribution >= 4 is 43.4 Å². The summed E-state index contributed by atoms with van der Waals surface area (Å²) in [6.45, 7) is 11.1. The van der Waals surface area contributed by atoms with Gasteiger partial charge in [-0.2, -0.15) is 0 Å². The third kappa shape index (κ3) is 2.51. The third-order valence-electron chi connectivity index (χ3n) is 5.76. The highest BCUT2D eigenvalue weighted by atomic mass is 16.3. The lowest BCUT2D eigenvalue weighted by atomic mass is 9.89. The Morgan fingerprint density at radius 1 is 0.857 bits per heavy atom. The highest BCUT2D eigenvalue weighted by Crippen LogP contribution is 2.38. The summed E-state index contributed by atoms with van der Waals surface area (Å²) in [5.74, 6) is 1.08. The molecular weight excluding hydrogens is 342 g/mol. The molecule has 28 heavy (non-hydrogen) atoms. The van der Waals surface area contributed by atoms with Gasteiger partial charge < -0.3 is 4.42 Å². The van der Waals surface area contributed by atoms with Gasteiger partial charge in [-0.15, -0.1) is 0 Å². The molecule has 0 aliphatic rings. The van der Waals surface area contributed by atoms with Gasteiger partial charge in [0.15, 0.2) is 5.58 Å². The molecule has 0 aliphatic carbocycles. The number of benzene rings is 3. The van der Waals surface area contributed by atoms with Gasteiger partial charge in [0.25, 0.3) is 0 Å². The molecule has 2 aromatic heterocycles. The molecule has 0 bridgehead atoms. The minimum absolute atomic E-state index is 0.185. The van der Waals surface area contributed by atoms with E-state index in [1.165, 1.54) is 43.4 Å². The molecule has 5 aromatic rings. The van der Waals surface area contributed by atoms with Gasteiger partial charge in [0.2, 0.25) is 0 Å². The van der Waals surface area contributed by atoms with Crippen LogP contribution >= 0.6 is 0 Å². The maximum Gasteiger partial charge on any atom is 0.153 e. The quantitative estimate of drug-likeness (QED) is 0.287. The van der Waals surface area contributed by atoms with E-state index in [0.717, 1.165) is 23.3 Å². The monoisotopic (exact) mass is 367 g/mol. The van der Waals surface area contributed by atoms with E-state index in [-0.39, 0.29) is 5.41 Å². The number of aromatic nitrogens is 1. The van der Waals surface area contributed by atoms with E-state index in [0.29, 0.717) is 0 Å². The maximum atomic E-state index is 6.23. The Bertz CT molecular complexity index is 1380. The predicted octanol–water partition coefficient (Wildman–Crippen LogP) is 7.49. The summed E-state index contributed by atoms with van der Waals surface area (Å²) >= 11 is 0. The van der Waals surface area contributed by atoms with Crippen molar-refractivity contribution in [2.45, 2.75) is 41.0 Å². The number of nitrogens with zero attached hydrogens (tertiary/aromatic N) is 1. The third-order valence-corrected chi connectivity index (χ3v) is 5.76.